The molecule has 0 aromatic rings. The Morgan fingerprint density at radius 1 is 0.467 bits per heavy atom. The van der Waals surface area contributed by atoms with Crippen LogP contribution in [0.2, 0.25) is 0 Å². The lowest BCUT2D eigenvalue weighted by Gasteiger charge is -2.24. The van der Waals surface area contributed by atoms with Crippen molar-refractivity contribution in [3.63, 3.8) is 0 Å². The van der Waals surface area contributed by atoms with Gasteiger partial charge in [0, 0.05) is 6.42 Å². The van der Waals surface area contributed by atoms with E-state index in [2.05, 4.69) is 50.4 Å². The molecular formula is C54H103NO5. The highest BCUT2D eigenvalue weighted by Gasteiger charge is 2.24. The van der Waals surface area contributed by atoms with Crippen molar-refractivity contribution in [2.45, 2.75) is 302 Å². The number of amides is 1. The number of rotatable bonds is 48. The maximum atomic E-state index is 13.2. The Morgan fingerprint density at radius 3 is 1.20 bits per heavy atom. The molecular weight excluding hydrogens is 743 g/mol. The van der Waals surface area contributed by atoms with Crippen LogP contribution in [0.25, 0.3) is 0 Å². The molecule has 0 saturated heterocycles. The van der Waals surface area contributed by atoms with E-state index in [1.165, 1.54) is 180 Å². The molecule has 0 aromatic heterocycles. The van der Waals surface area contributed by atoms with Crippen LogP contribution in [0.15, 0.2) is 24.3 Å². The van der Waals surface area contributed by atoms with Gasteiger partial charge in [0.1, 0.15) is 6.10 Å². The first-order valence-electron chi connectivity index (χ1n) is 26.6. The van der Waals surface area contributed by atoms with Crippen LogP contribution in [-0.4, -0.2) is 46.9 Å². The smallest absolute Gasteiger partial charge is 0.306 e. The van der Waals surface area contributed by atoms with E-state index in [0.29, 0.717) is 19.3 Å². The Hall–Kier alpha value is -1.66. The number of carbonyl (C=O) groups is 2. The van der Waals surface area contributed by atoms with Gasteiger partial charge < -0.3 is 20.3 Å². The molecule has 1 amide bonds. The van der Waals surface area contributed by atoms with Gasteiger partial charge in [-0.3, -0.25) is 9.59 Å². The predicted molar refractivity (Wildman–Crippen MR) is 260 cm³/mol. The van der Waals surface area contributed by atoms with Gasteiger partial charge >= 0.3 is 5.97 Å². The van der Waals surface area contributed by atoms with E-state index >= 15 is 0 Å². The number of hydrogen-bond acceptors (Lipinski definition) is 5. The van der Waals surface area contributed by atoms with Crippen LogP contribution in [-0.2, 0) is 14.3 Å². The molecule has 3 N–H and O–H groups in total. The first-order chi connectivity index (χ1) is 29.5. The summed E-state index contributed by atoms with van der Waals surface area (Å²) < 4.78 is 5.94. The van der Waals surface area contributed by atoms with Crippen LogP contribution in [0.1, 0.15) is 284 Å². The number of allylic oxidation sites excluding steroid dienone is 4. The van der Waals surface area contributed by atoms with Crippen LogP contribution >= 0.6 is 0 Å². The van der Waals surface area contributed by atoms with Crippen molar-refractivity contribution in [2.75, 3.05) is 6.61 Å². The zero-order valence-corrected chi connectivity index (χ0v) is 40.4. The minimum Gasteiger partial charge on any atom is -0.462 e. The summed E-state index contributed by atoms with van der Waals surface area (Å²) in [5.74, 6) is -0.475. The van der Waals surface area contributed by atoms with Crippen molar-refractivity contribution < 1.29 is 24.5 Å². The lowest BCUT2D eigenvalue weighted by molar-refractivity contribution is -0.151. The molecule has 0 aliphatic heterocycles. The van der Waals surface area contributed by atoms with Crippen molar-refractivity contribution in [2.24, 2.45) is 0 Å². The number of esters is 1. The third kappa shape index (κ3) is 43.0. The summed E-state index contributed by atoms with van der Waals surface area (Å²) in [4.78, 5) is 26.2. The zero-order valence-electron chi connectivity index (χ0n) is 40.4. The molecule has 6 nitrogen and oxygen atoms in total. The highest BCUT2D eigenvalue weighted by atomic mass is 16.5. The molecule has 0 bridgehead atoms. The van der Waals surface area contributed by atoms with Gasteiger partial charge in [0.25, 0.3) is 0 Å². The van der Waals surface area contributed by atoms with Crippen molar-refractivity contribution in [1.82, 2.24) is 5.32 Å². The lowest BCUT2D eigenvalue weighted by atomic mass is 10.0. The Kier molecular flexibility index (Phi) is 47.0. The standard InChI is InChI=1S/C54H103NO5/c1-4-7-10-13-16-19-22-24-26-28-31-33-36-39-42-45-50(60-54(59)47-44-41-38-35-32-29-27-25-23-20-17-14-11-8-5-2)48-53(58)55-51(49-56)52(57)46-43-40-37-34-30-21-18-15-12-9-6-3/h20,23-24,26,50-52,56-57H,4-19,21-22,25,27-49H2,1-3H3,(H,55,58)/b23-20-,26-24+. The van der Waals surface area contributed by atoms with Crippen LogP contribution < -0.4 is 5.32 Å². The van der Waals surface area contributed by atoms with Gasteiger partial charge in [0.2, 0.25) is 5.91 Å². The van der Waals surface area contributed by atoms with Gasteiger partial charge in [0.05, 0.1) is 25.2 Å². The fraction of sp³-hybridized carbons (Fsp3) is 0.889. The molecule has 6 heteroatoms. The molecule has 354 valence electrons. The summed E-state index contributed by atoms with van der Waals surface area (Å²) in [6, 6.07) is -0.700. The normalized spacial score (nSPS) is 13.3. The third-order valence-corrected chi connectivity index (χ3v) is 12.3. The molecule has 0 aliphatic carbocycles. The van der Waals surface area contributed by atoms with E-state index in [-0.39, 0.29) is 24.9 Å². The second-order valence-electron chi connectivity index (χ2n) is 18.3. The minimum absolute atomic E-state index is 0.0743. The number of carbonyl (C=O) groups excluding carboxylic acids is 2. The Balaban J connectivity index is 4.57. The lowest BCUT2D eigenvalue weighted by Crippen LogP contribution is -2.46. The van der Waals surface area contributed by atoms with E-state index in [4.69, 9.17) is 4.74 Å². The summed E-state index contributed by atoms with van der Waals surface area (Å²) in [7, 11) is 0. The van der Waals surface area contributed by atoms with Gasteiger partial charge in [-0.2, -0.15) is 0 Å². The second kappa shape index (κ2) is 48.4. The number of aliphatic hydroxyl groups excluding tert-OH is 2. The van der Waals surface area contributed by atoms with E-state index in [1.807, 2.05) is 0 Å². The molecule has 0 spiro atoms. The summed E-state index contributed by atoms with van der Waals surface area (Å²) in [6.45, 7) is 6.47. The Bertz CT molecular complexity index is 950. The van der Waals surface area contributed by atoms with Gasteiger partial charge in [0.15, 0.2) is 0 Å². The first kappa shape index (κ1) is 58.3. The van der Waals surface area contributed by atoms with Gasteiger partial charge in [-0.1, -0.05) is 218 Å². The molecule has 0 aromatic carbocycles. The highest BCUT2D eigenvalue weighted by Crippen LogP contribution is 2.18. The largest absolute Gasteiger partial charge is 0.462 e. The maximum absolute atomic E-state index is 13.2. The third-order valence-electron chi connectivity index (χ3n) is 12.3. The molecule has 0 radical (unpaired) electrons. The van der Waals surface area contributed by atoms with Crippen molar-refractivity contribution in [3.8, 4) is 0 Å². The van der Waals surface area contributed by atoms with Gasteiger partial charge in [-0.25, -0.2) is 0 Å². The predicted octanol–water partition coefficient (Wildman–Crippen LogP) is 15.9. The van der Waals surface area contributed by atoms with Crippen molar-refractivity contribution in [3.05, 3.63) is 24.3 Å². The Labute approximate surface area is 373 Å². The molecule has 0 fully saturated rings. The van der Waals surface area contributed by atoms with Gasteiger partial charge in [-0.15, -0.1) is 0 Å². The zero-order chi connectivity index (χ0) is 43.8. The van der Waals surface area contributed by atoms with E-state index < -0.39 is 18.2 Å². The Morgan fingerprint density at radius 2 is 0.800 bits per heavy atom. The average molecular weight is 846 g/mol. The molecule has 0 heterocycles. The summed E-state index contributed by atoms with van der Waals surface area (Å²) >= 11 is 0. The maximum Gasteiger partial charge on any atom is 0.306 e. The van der Waals surface area contributed by atoms with E-state index in [9.17, 15) is 19.8 Å². The fourth-order valence-corrected chi connectivity index (χ4v) is 8.19. The highest BCUT2D eigenvalue weighted by molar-refractivity contribution is 5.77. The summed E-state index contributed by atoms with van der Waals surface area (Å²) in [6.07, 6.45) is 55.2. The minimum atomic E-state index is -0.786. The number of unbranched alkanes of at least 4 members (excludes halogenated alkanes) is 32. The number of aliphatic hydroxyl groups is 2. The van der Waals surface area contributed by atoms with Gasteiger partial charge in [-0.05, 0) is 77.0 Å². The number of ether oxygens (including phenoxy) is 1. The molecule has 60 heavy (non-hydrogen) atoms. The van der Waals surface area contributed by atoms with E-state index in [1.54, 1.807) is 0 Å². The average Bonchev–Trinajstić information content (AvgIpc) is 3.24. The summed E-state index contributed by atoms with van der Waals surface area (Å²) in [5.41, 5.74) is 0. The van der Waals surface area contributed by atoms with Crippen molar-refractivity contribution >= 4 is 11.9 Å². The molecule has 3 unspecified atom stereocenters. The fourth-order valence-electron chi connectivity index (χ4n) is 8.19. The summed E-state index contributed by atoms with van der Waals surface area (Å²) in [5, 5.41) is 23.8. The van der Waals surface area contributed by atoms with Crippen LogP contribution in [0, 0.1) is 0 Å². The molecule has 0 saturated carbocycles. The van der Waals surface area contributed by atoms with E-state index in [0.717, 1.165) is 57.8 Å². The number of hydrogen-bond donors (Lipinski definition) is 3. The monoisotopic (exact) mass is 846 g/mol. The topological polar surface area (TPSA) is 95.9 Å². The molecule has 0 aliphatic rings. The molecule has 3 atom stereocenters. The second-order valence-corrected chi connectivity index (χ2v) is 18.3. The van der Waals surface area contributed by atoms with Crippen molar-refractivity contribution in [1.29, 1.82) is 0 Å². The van der Waals surface area contributed by atoms with Crippen LogP contribution in [0.5, 0.6) is 0 Å². The molecule has 0 rings (SSSR count). The SMILES string of the molecule is CCCCCC/C=C\CCCCCCCCCC(=O)OC(CCCCCCC/C=C/CCCCCCCC)CC(=O)NC(CO)C(O)CCCCCCCCCCCCC. The quantitative estimate of drug-likeness (QED) is 0.0322. The first-order valence-corrected chi connectivity index (χ1v) is 26.6. The van der Waals surface area contributed by atoms with Crippen LogP contribution in [0.3, 0.4) is 0 Å². The number of nitrogens with one attached hydrogen (secondary N) is 1. The van der Waals surface area contributed by atoms with Crippen LogP contribution in [0.4, 0.5) is 0 Å².